The van der Waals surface area contributed by atoms with Crippen LogP contribution < -0.4 is 10.6 Å². The van der Waals surface area contributed by atoms with Gasteiger partial charge < -0.3 is 10.6 Å². The van der Waals surface area contributed by atoms with E-state index in [0.717, 1.165) is 12.4 Å². The summed E-state index contributed by atoms with van der Waals surface area (Å²) in [6.45, 7) is 3.59. The summed E-state index contributed by atoms with van der Waals surface area (Å²) in [5, 5.41) is 3.95. The van der Waals surface area contributed by atoms with Crippen molar-refractivity contribution in [2.75, 3.05) is 31.1 Å². The van der Waals surface area contributed by atoms with Crippen molar-refractivity contribution in [2.24, 2.45) is 5.73 Å². The van der Waals surface area contributed by atoms with E-state index in [0.29, 0.717) is 26.2 Å². The summed E-state index contributed by atoms with van der Waals surface area (Å²) in [5.41, 5.74) is 4.28. The topological polar surface area (TPSA) is 92.7 Å². The summed E-state index contributed by atoms with van der Waals surface area (Å²) in [4.78, 5) is 22.2. The number of primary amides is 1. The number of amides is 1. The zero-order valence-electron chi connectivity index (χ0n) is 12.9. The highest BCUT2D eigenvalue weighted by Gasteiger charge is 2.35. The normalized spacial score (nSPS) is 18.1. The highest BCUT2D eigenvalue weighted by molar-refractivity contribution is 5.79. The van der Waals surface area contributed by atoms with Gasteiger partial charge in [-0.2, -0.15) is 27.8 Å². The lowest BCUT2D eigenvalue weighted by Crippen LogP contribution is -2.53. The zero-order valence-corrected chi connectivity index (χ0v) is 12.9. The zero-order chi connectivity index (χ0) is 17.5. The minimum atomic E-state index is -4.56. The first-order valence-corrected chi connectivity index (χ1v) is 7.33. The van der Waals surface area contributed by atoms with Crippen LogP contribution in [0.5, 0.6) is 0 Å². The molecule has 2 aromatic rings. The number of alkyl halides is 3. The molecule has 0 saturated carbocycles. The molecule has 0 radical (unpaired) electrons. The van der Waals surface area contributed by atoms with Crippen molar-refractivity contribution in [3.05, 3.63) is 18.1 Å². The van der Waals surface area contributed by atoms with E-state index in [-0.39, 0.29) is 11.6 Å². The fourth-order valence-electron chi connectivity index (χ4n) is 2.69. The molecule has 0 unspecified atom stereocenters. The van der Waals surface area contributed by atoms with Gasteiger partial charge in [-0.1, -0.05) is 0 Å². The van der Waals surface area contributed by atoms with Gasteiger partial charge in [-0.15, -0.1) is 0 Å². The summed E-state index contributed by atoms with van der Waals surface area (Å²) < 4.78 is 40.4. The lowest BCUT2D eigenvalue weighted by atomic mass is 10.2. The first kappa shape index (κ1) is 16.4. The number of carbonyl (C=O) groups is 1. The molecule has 1 atom stereocenters. The number of halogens is 3. The number of hydrogen-bond donors (Lipinski definition) is 1. The molecular formula is C13H16F3N7O. The van der Waals surface area contributed by atoms with E-state index in [9.17, 15) is 18.0 Å². The molecule has 1 aliphatic rings. The Hall–Kier alpha value is -2.43. The van der Waals surface area contributed by atoms with Crippen LogP contribution in [0.4, 0.5) is 19.0 Å². The van der Waals surface area contributed by atoms with Crippen molar-refractivity contribution in [3.8, 4) is 0 Å². The molecule has 3 rings (SSSR count). The van der Waals surface area contributed by atoms with Crippen LogP contribution in [-0.4, -0.2) is 62.6 Å². The molecule has 1 saturated heterocycles. The summed E-state index contributed by atoms with van der Waals surface area (Å²) in [6, 6.07) is 0.552. The van der Waals surface area contributed by atoms with Crippen molar-refractivity contribution in [1.29, 1.82) is 0 Å². The van der Waals surface area contributed by atoms with Crippen LogP contribution in [-0.2, 0) is 11.0 Å². The maximum atomic E-state index is 13.0. The van der Waals surface area contributed by atoms with Crippen molar-refractivity contribution >= 4 is 17.5 Å². The molecule has 0 aromatic carbocycles. The van der Waals surface area contributed by atoms with Crippen LogP contribution in [0.2, 0.25) is 0 Å². The second-order valence-corrected chi connectivity index (χ2v) is 5.57. The molecule has 2 N–H and O–H groups in total. The Morgan fingerprint density at radius 1 is 1.29 bits per heavy atom. The highest BCUT2D eigenvalue weighted by atomic mass is 19.4. The Kier molecular flexibility index (Phi) is 4.03. The number of nitrogens with two attached hydrogens (primary N) is 1. The first-order valence-electron chi connectivity index (χ1n) is 7.33. The van der Waals surface area contributed by atoms with Crippen LogP contribution in [0.15, 0.2) is 12.4 Å². The van der Waals surface area contributed by atoms with Gasteiger partial charge in [0, 0.05) is 32.2 Å². The number of hydrogen-bond acceptors (Lipinski definition) is 6. The minimum Gasteiger partial charge on any atom is -0.368 e. The fraction of sp³-hybridized carbons (Fsp3) is 0.538. The third-order valence-corrected chi connectivity index (χ3v) is 4.12. The molecule has 1 amide bonds. The third-order valence-electron chi connectivity index (χ3n) is 4.12. The minimum absolute atomic E-state index is 0.104. The number of rotatable bonds is 3. The molecule has 2 aromatic heterocycles. The van der Waals surface area contributed by atoms with E-state index in [1.54, 1.807) is 11.8 Å². The Balaban J connectivity index is 1.88. The van der Waals surface area contributed by atoms with Crippen molar-refractivity contribution in [3.63, 3.8) is 0 Å². The number of carbonyl (C=O) groups excluding carboxylic acids is 1. The van der Waals surface area contributed by atoms with E-state index in [1.165, 1.54) is 4.52 Å². The van der Waals surface area contributed by atoms with Gasteiger partial charge in [0.1, 0.15) is 12.1 Å². The predicted molar refractivity (Wildman–Crippen MR) is 78.2 cm³/mol. The Morgan fingerprint density at radius 2 is 1.96 bits per heavy atom. The van der Waals surface area contributed by atoms with Crippen LogP contribution in [0.25, 0.3) is 5.78 Å². The van der Waals surface area contributed by atoms with E-state index in [1.807, 2.05) is 4.90 Å². The lowest BCUT2D eigenvalue weighted by molar-refractivity contribution is -0.141. The molecule has 3 heterocycles. The second-order valence-electron chi connectivity index (χ2n) is 5.57. The van der Waals surface area contributed by atoms with Gasteiger partial charge in [0.2, 0.25) is 5.91 Å². The number of anilines is 1. The standard InChI is InChI=1S/C13H16F3N7O/c1-8(11(17)24)21-2-4-22(5-3-21)10-6-9(13(14,15)16)20-12-18-7-19-23(10)12/h6-8H,2-5H2,1H3,(H2,17,24)/t8-/m1/s1. The number of piperazine rings is 1. The first-order chi connectivity index (χ1) is 11.3. The molecule has 1 aliphatic heterocycles. The van der Waals surface area contributed by atoms with Gasteiger partial charge >= 0.3 is 6.18 Å². The molecule has 0 spiro atoms. The van der Waals surface area contributed by atoms with Crippen LogP contribution >= 0.6 is 0 Å². The summed E-state index contributed by atoms with van der Waals surface area (Å²) in [6.07, 6.45) is -3.40. The summed E-state index contributed by atoms with van der Waals surface area (Å²) in [5.74, 6) is -0.255. The molecule has 1 fully saturated rings. The third kappa shape index (κ3) is 2.98. The van der Waals surface area contributed by atoms with Crippen LogP contribution in [0.3, 0.4) is 0 Å². The molecule has 11 heteroatoms. The monoisotopic (exact) mass is 343 g/mol. The van der Waals surface area contributed by atoms with Gasteiger partial charge in [0.05, 0.1) is 6.04 Å². The van der Waals surface area contributed by atoms with Crippen molar-refractivity contribution in [2.45, 2.75) is 19.1 Å². The Morgan fingerprint density at radius 3 is 2.54 bits per heavy atom. The fourth-order valence-corrected chi connectivity index (χ4v) is 2.69. The summed E-state index contributed by atoms with van der Waals surface area (Å²) in [7, 11) is 0. The number of aromatic nitrogens is 4. The SMILES string of the molecule is C[C@H](C(N)=O)N1CCN(c2cc(C(F)(F)F)nc3ncnn23)CC1. The predicted octanol–water partition coefficient (Wildman–Crippen LogP) is 0.139. The van der Waals surface area contributed by atoms with Gasteiger partial charge in [-0.25, -0.2) is 4.98 Å². The molecule has 130 valence electrons. The van der Waals surface area contributed by atoms with Gasteiger partial charge in [0.25, 0.3) is 5.78 Å². The quantitative estimate of drug-likeness (QED) is 0.852. The molecular weight excluding hydrogens is 327 g/mol. The molecule has 0 bridgehead atoms. The van der Waals surface area contributed by atoms with Crippen LogP contribution in [0, 0.1) is 0 Å². The van der Waals surface area contributed by atoms with Gasteiger partial charge in [-0.3, -0.25) is 9.69 Å². The van der Waals surface area contributed by atoms with Crippen molar-refractivity contribution in [1.82, 2.24) is 24.5 Å². The van der Waals surface area contributed by atoms with E-state index in [2.05, 4.69) is 15.1 Å². The van der Waals surface area contributed by atoms with Crippen LogP contribution in [0.1, 0.15) is 12.6 Å². The second kappa shape index (κ2) is 5.89. The average molecular weight is 343 g/mol. The van der Waals surface area contributed by atoms with Gasteiger partial charge in [-0.05, 0) is 6.92 Å². The number of fused-ring (bicyclic) bond motifs is 1. The molecule has 8 nitrogen and oxygen atoms in total. The van der Waals surface area contributed by atoms with E-state index >= 15 is 0 Å². The maximum Gasteiger partial charge on any atom is 0.433 e. The Labute approximate surface area is 135 Å². The number of nitrogens with zero attached hydrogens (tertiary/aromatic N) is 6. The Bertz CT molecular complexity index is 752. The average Bonchev–Trinajstić information content (AvgIpc) is 3.01. The largest absolute Gasteiger partial charge is 0.433 e. The smallest absolute Gasteiger partial charge is 0.368 e. The summed E-state index contributed by atoms with van der Waals surface area (Å²) >= 11 is 0. The lowest BCUT2D eigenvalue weighted by Gasteiger charge is -2.37. The van der Waals surface area contributed by atoms with Gasteiger partial charge in [0.15, 0.2) is 5.69 Å². The highest BCUT2D eigenvalue weighted by Crippen LogP contribution is 2.30. The maximum absolute atomic E-state index is 13.0. The molecule has 0 aliphatic carbocycles. The van der Waals surface area contributed by atoms with E-state index in [4.69, 9.17) is 5.73 Å². The van der Waals surface area contributed by atoms with Crippen molar-refractivity contribution < 1.29 is 18.0 Å². The van der Waals surface area contributed by atoms with E-state index < -0.39 is 23.8 Å². The molecule has 24 heavy (non-hydrogen) atoms.